The lowest BCUT2D eigenvalue weighted by Gasteiger charge is -2.14. The minimum absolute atomic E-state index is 0.403. The molecule has 1 aromatic carbocycles. The highest BCUT2D eigenvalue weighted by molar-refractivity contribution is 6.30. The number of anilines is 1. The minimum Gasteiger partial charge on any atom is -0.374 e. The molecule has 0 heterocycles. The predicted molar refractivity (Wildman–Crippen MR) is 67.1 cm³/mol. The van der Waals surface area contributed by atoms with Crippen LogP contribution in [0.4, 0.5) is 10.5 Å². The van der Waals surface area contributed by atoms with Crippen molar-refractivity contribution < 1.29 is 9.59 Å². The van der Waals surface area contributed by atoms with E-state index in [1.807, 2.05) is 0 Å². The van der Waals surface area contributed by atoms with Gasteiger partial charge in [-0.05, 0) is 31.2 Å². The van der Waals surface area contributed by atoms with Crippen LogP contribution in [0.2, 0.25) is 5.02 Å². The third kappa shape index (κ3) is 4.32. The zero-order chi connectivity index (χ0) is 12.8. The van der Waals surface area contributed by atoms with Crippen molar-refractivity contribution >= 4 is 29.2 Å². The van der Waals surface area contributed by atoms with E-state index in [0.29, 0.717) is 5.02 Å². The first-order valence-corrected chi connectivity index (χ1v) is 5.45. The molecule has 1 aromatic rings. The summed E-state index contributed by atoms with van der Waals surface area (Å²) in [5, 5.41) is 8.06. The molecule has 0 radical (unpaired) electrons. The van der Waals surface area contributed by atoms with E-state index in [-0.39, 0.29) is 0 Å². The molecule has 0 aliphatic rings. The maximum Gasteiger partial charge on any atom is 0.321 e. The molecule has 3 N–H and O–H groups in total. The Labute approximate surface area is 105 Å². The number of hydrogen-bond acceptors (Lipinski definition) is 3. The zero-order valence-corrected chi connectivity index (χ0v) is 10.3. The number of urea groups is 1. The number of rotatable bonds is 3. The van der Waals surface area contributed by atoms with Gasteiger partial charge in [0.25, 0.3) is 0 Å². The number of halogens is 1. The molecular weight excluding hydrogens is 242 g/mol. The molecule has 0 bridgehead atoms. The third-order valence-corrected chi connectivity index (χ3v) is 2.34. The van der Waals surface area contributed by atoms with Crippen molar-refractivity contribution in [1.29, 1.82) is 0 Å². The van der Waals surface area contributed by atoms with Crippen molar-refractivity contribution in [3.8, 4) is 0 Å². The van der Waals surface area contributed by atoms with Gasteiger partial charge in [0.15, 0.2) is 0 Å². The molecule has 1 atom stereocenters. The Balaban J connectivity index is 2.54. The van der Waals surface area contributed by atoms with Gasteiger partial charge < -0.3 is 10.6 Å². The van der Waals surface area contributed by atoms with Gasteiger partial charge >= 0.3 is 6.03 Å². The molecule has 1 unspecified atom stereocenters. The number of carbonyl (C=O) groups excluding carboxylic acids is 2. The van der Waals surface area contributed by atoms with Crippen LogP contribution in [-0.4, -0.2) is 25.0 Å². The third-order valence-electron chi connectivity index (χ3n) is 2.08. The summed E-state index contributed by atoms with van der Waals surface area (Å²) in [5.74, 6) is -0.403. The molecular formula is C11H14ClN3O2. The lowest BCUT2D eigenvalue weighted by atomic mass is 10.2. The molecule has 6 heteroatoms. The fourth-order valence-electron chi connectivity index (χ4n) is 1.14. The molecule has 0 aliphatic carbocycles. The number of nitrogens with one attached hydrogen (secondary N) is 3. The average molecular weight is 256 g/mol. The van der Waals surface area contributed by atoms with Gasteiger partial charge in [-0.25, -0.2) is 4.79 Å². The summed E-state index contributed by atoms with van der Waals surface area (Å²) in [6.45, 7) is 1.66. The standard InChI is InChI=1S/C11H14ClN3O2/c1-7(10(16)15-11(17)13-2)14-9-5-3-8(12)4-6-9/h3-7,14H,1-2H3,(H2,13,15,16,17). The SMILES string of the molecule is CNC(=O)NC(=O)C(C)Nc1ccc(Cl)cc1. The van der Waals surface area contributed by atoms with Crippen LogP contribution in [0.3, 0.4) is 0 Å². The molecule has 92 valence electrons. The smallest absolute Gasteiger partial charge is 0.321 e. The van der Waals surface area contributed by atoms with E-state index >= 15 is 0 Å². The summed E-state index contributed by atoms with van der Waals surface area (Å²) in [4.78, 5) is 22.5. The van der Waals surface area contributed by atoms with Crippen LogP contribution >= 0.6 is 11.6 Å². The maximum atomic E-state index is 11.5. The van der Waals surface area contributed by atoms with Crippen LogP contribution in [0, 0.1) is 0 Å². The van der Waals surface area contributed by atoms with E-state index in [0.717, 1.165) is 5.69 Å². The molecule has 0 fully saturated rings. The summed E-state index contributed by atoms with van der Waals surface area (Å²) < 4.78 is 0. The number of imide groups is 1. The van der Waals surface area contributed by atoms with E-state index in [4.69, 9.17) is 11.6 Å². The molecule has 0 saturated heterocycles. The van der Waals surface area contributed by atoms with Gasteiger partial charge in [-0.2, -0.15) is 0 Å². The van der Waals surface area contributed by atoms with Crippen LogP contribution < -0.4 is 16.0 Å². The Kier molecular flexibility index (Phi) is 4.78. The number of benzene rings is 1. The van der Waals surface area contributed by atoms with Crippen LogP contribution in [0.1, 0.15) is 6.92 Å². The summed E-state index contributed by atoms with van der Waals surface area (Å²) in [6.07, 6.45) is 0. The van der Waals surface area contributed by atoms with E-state index in [2.05, 4.69) is 16.0 Å². The molecule has 0 spiro atoms. The molecule has 5 nitrogen and oxygen atoms in total. The number of amides is 3. The maximum absolute atomic E-state index is 11.5. The van der Waals surface area contributed by atoms with Crippen LogP contribution in [0.25, 0.3) is 0 Å². The summed E-state index contributed by atoms with van der Waals surface area (Å²) in [7, 11) is 1.44. The fraction of sp³-hybridized carbons (Fsp3) is 0.273. The Bertz CT molecular complexity index is 406. The van der Waals surface area contributed by atoms with E-state index < -0.39 is 18.0 Å². The Morgan fingerprint density at radius 3 is 2.35 bits per heavy atom. The quantitative estimate of drug-likeness (QED) is 0.768. The van der Waals surface area contributed by atoms with Gasteiger partial charge in [0.05, 0.1) is 0 Å². The first kappa shape index (κ1) is 13.3. The van der Waals surface area contributed by atoms with Gasteiger partial charge in [-0.1, -0.05) is 11.6 Å². The monoisotopic (exact) mass is 255 g/mol. The second-order valence-electron chi connectivity index (χ2n) is 3.44. The van der Waals surface area contributed by atoms with E-state index in [9.17, 15) is 9.59 Å². The molecule has 0 aromatic heterocycles. The van der Waals surface area contributed by atoms with Crippen molar-refractivity contribution in [2.75, 3.05) is 12.4 Å². The van der Waals surface area contributed by atoms with Crippen LogP contribution in [0.15, 0.2) is 24.3 Å². The Morgan fingerprint density at radius 1 is 1.24 bits per heavy atom. The van der Waals surface area contributed by atoms with Crippen molar-refractivity contribution in [3.05, 3.63) is 29.3 Å². The summed E-state index contributed by atoms with van der Waals surface area (Å²) in [5.41, 5.74) is 0.758. The first-order chi connectivity index (χ1) is 8.02. The van der Waals surface area contributed by atoms with Crippen molar-refractivity contribution in [2.24, 2.45) is 0 Å². The molecule has 0 saturated carbocycles. The lowest BCUT2D eigenvalue weighted by molar-refractivity contribution is -0.120. The van der Waals surface area contributed by atoms with Gasteiger partial charge in [-0.15, -0.1) is 0 Å². The molecule has 0 aliphatic heterocycles. The highest BCUT2D eigenvalue weighted by Gasteiger charge is 2.14. The highest BCUT2D eigenvalue weighted by Crippen LogP contribution is 2.14. The zero-order valence-electron chi connectivity index (χ0n) is 9.58. The van der Waals surface area contributed by atoms with Crippen molar-refractivity contribution in [3.63, 3.8) is 0 Å². The molecule has 3 amide bonds. The van der Waals surface area contributed by atoms with Gasteiger partial charge in [-0.3, -0.25) is 10.1 Å². The van der Waals surface area contributed by atoms with Crippen molar-refractivity contribution in [2.45, 2.75) is 13.0 Å². The average Bonchev–Trinajstić information content (AvgIpc) is 2.31. The van der Waals surface area contributed by atoms with Gasteiger partial charge in [0, 0.05) is 17.8 Å². The first-order valence-electron chi connectivity index (χ1n) is 5.07. The minimum atomic E-state index is -0.528. The second kappa shape index (κ2) is 6.10. The Hall–Kier alpha value is -1.75. The van der Waals surface area contributed by atoms with Crippen molar-refractivity contribution in [1.82, 2.24) is 10.6 Å². The van der Waals surface area contributed by atoms with Gasteiger partial charge in [0.2, 0.25) is 5.91 Å². The van der Waals surface area contributed by atoms with Gasteiger partial charge in [0.1, 0.15) is 6.04 Å². The largest absolute Gasteiger partial charge is 0.374 e. The number of hydrogen-bond donors (Lipinski definition) is 3. The lowest BCUT2D eigenvalue weighted by Crippen LogP contribution is -2.44. The molecule has 17 heavy (non-hydrogen) atoms. The van der Waals surface area contributed by atoms with E-state index in [1.54, 1.807) is 31.2 Å². The topological polar surface area (TPSA) is 70.2 Å². The van der Waals surface area contributed by atoms with Crippen LogP contribution in [-0.2, 0) is 4.79 Å². The second-order valence-corrected chi connectivity index (χ2v) is 3.88. The predicted octanol–water partition coefficient (Wildman–Crippen LogP) is 1.60. The fourth-order valence-corrected chi connectivity index (χ4v) is 1.27. The molecule has 1 rings (SSSR count). The number of carbonyl (C=O) groups is 2. The summed E-state index contributed by atoms with van der Waals surface area (Å²) >= 11 is 5.74. The van der Waals surface area contributed by atoms with Crippen LogP contribution in [0.5, 0.6) is 0 Å². The Morgan fingerprint density at radius 2 is 1.82 bits per heavy atom. The summed E-state index contributed by atoms with van der Waals surface area (Å²) in [6, 6.07) is 5.90. The normalized spacial score (nSPS) is 11.5. The highest BCUT2D eigenvalue weighted by atomic mass is 35.5. The van der Waals surface area contributed by atoms with E-state index in [1.165, 1.54) is 7.05 Å².